The van der Waals surface area contributed by atoms with Crippen LogP contribution >= 0.6 is 0 Å². The molecule has 210 valence electrons. The quantitative estimate of drug-likeness (QED) is 0.206. The fourth-order valence-electron chi connectivity index (χ4n) is 3.96. The first kappa shape index (κ1) is 29.0. The van der Waals surface area contributed by atoms with Crippen molar-refractivity contribution in [1.82, 2.24) is 5.43 Å². The number of carbonyl (C=O) groups is 2. The first-order valence-electron chi connectivity index (χ1n) is 12.7. The molecule has 0 aliphatic heterocycles. The van der Waals surface area contributed by atoms with Crippen LogP contribution in [-0.4, -0.2) is 39.6 Å². The van der Waals surface area contributed by atoms with Crippen LogP contribution in [0.2, 0.25) is 0 Å². The lowest BCUT2D eigenvalue weighted by atomic mass is 10.1. The molecule has 0 spiro atoms. The van der Waals surface area contributed by atoms with Gasteiger partial charge >= 0.3 is 0 Å². The van der Waals surface area contributed by atoms with E-state index in [-0.39, 0.29) is 16.5 Å². The zero-order valence-corrected chi connectivity index (χ0v) is 23.7. The molecule has 4 aromatic carbocycles. The number of carbonyl (C=O) groups excluding carboxylic acids is 2. The lowest BCUT2D eigenvalue weighted by Crippen LogP contribution is -2.40. The number of rotatable bonds is 10. The van der Waals surface area contributed by atoms with Crippen LogP contribution in [0.4, 0.5) is 11.4 Å². The number of benzene rings is 4. The summed E-state index contributed by atoms with van der Waals surface area (Å²) in [7, 11) is -2.70. The number of aryl methyl sites for hydroxylation is 1. The van der Waals surface area contributed by atoms with Crippen molar-refractivity contribution in [2.24, 2.45) is 5.10 Å². The van der Waals surface area contributed by atoms with Gasteiger partial charge in [-0.1, -0.05) is 60.2 Å². The number of hydrogen-bond acceptors (Lipinski definition) is 6. The smallest absolute Gasteiger partial charge is 0.264 e. The lowest BCUT2D eigenvalue weighted by Gasteiger charge is -2.25. The maximum atomic E-state index is 13.7. The summed E-state index contributed by atoms with van der Waals surface area (Å²) in [5.74, 6) is -0.610. The molecule has 0 saturated carbocycles. The van der Waals surface area contributed by atoms with Crippen LogP contribution in [-0.2, 0) is 14.8 Å². The molecule has 0 fully saturated rings. The highest BCUT2D eigenvalue weighted by Crippen LogP contribution is 2.32. The summed E-state index contributed by atoms with van der Waals surface area (Å²) in [6, 6.07) is 28.8. The van der Waals surface area contributed by atoms with Gasteiger partial charge in [-0.2, -0.15) is 5.10 Å². The molecule has 0 heterocycles. The Bertz CT molecular complexity index is 1670. The van der Waals surface area contributed by atoms with Crippen molar-refractivity contribution in [3.05, 3.63) is 120 Å². The first-order chi connectivity index (χ1) is 19.7. The number of sulfonamides is 1. The van der Waals surface area contributed by atoms with Gasteiger partial charge in [0.15, 0.2) is 0 Å². The summed E-state index contributed by atoms with van der Waals surface area (Å²) in [4.78, 5) is 25.6. The molecule has 0 bridgehead atoms. The van der Waals surface area contributed by atoms with Crippen LogP contribution in [0.15, 0.2) is 113 Å². The number of ether oxygens (including phenoxy) is 1. The molecule has 0 aliphatic carbocycles. The second kappa shape index (κ2) is 12.9. The average Bonchev–Trinajstić information content (AvgIpc) is 2.99. The van der Waals surface area contributed by atoms with E-state index in [1.54, 1.807) is 91.9 Å². The van der Waals surface area contributed by atoms with Crippen LogP contribution in [0.1, 0.15) is 28.4 Å². The van der Waals surface area contributed by atoms with Gasteiger partial charge in [0.05, 0.1) is 23.4 Å². The van der Waals surface area contributed by atoms with Crippen molar-refractivity contribution in [3.63, 3.8) is 0 Å². The third-order valence-corrected chi connectivity index (χ3v) is 7.95. The third kappa shape index (κ3) is 7.17. The number of hydrazone groups is 1. The van der Waals surface area contributed by atoms with Crippen LogP contribution in [0, 0.1) is 6.92 Å². The average molecular weight is 571 g/mol. The van der Waals surface area contributed by atoms with Crippen molar-refractivity contribution in [3.8, 4) is 5.75 Å². The highest BCUT2D eigenvalue weighted by Gasteiger charge is 2.29. The van der Waals surface area contributed by atoms with Gasteiger partial charge in [0.1, 0.15) is 12.3 Å². The van der Waals surface area contributed by atoms with Gasteiger partial charge in [-0.15, -0.1) is 0 Å². The number of nitrogens with one attached hydrogen (secondary N) is 2. The lowest BCUT2D eigenvalue weighted by molar-refractivity contribution is -0.119. The Kier molecular flexibility index (Phi) is 9.15. The second-order valence-corrected chi connectivity index (χ2v) is 11.0. The van der Waals surface area contributed by atoms with E-state index >= 15 is 0 Å². The zero-order chi connectivity index (χ0) is 29.4. The zero-order valence-electron chi connectivity index (χ0n) is 22.9. The summed E-state index contributed by atoms with van der Waals surface area (Å²) in [5.41, 5.74) is 5.77. The fraction of sp³-hybridized carbons (Fsp3) is 0.129. The van der Waals surface area contributed by atoms with Crippen molar-refractivity contribution < 1.29 is 22.7 Å². The van der Waals surface area contributed by atoms with Gasteiger partial charge in [-0.3, -0.25) is 13.9 Å². The van der Waals surface area contributed by atoms with Gasteiger partial charge in [0.2, 0.25) is 0 Å². The molecule has 4 aromatic rings. The minimum atomic E-state index is -4.13. The van der Waals surface area contributed by atoms with Crippen LogP contribution in [0.5, 0.6) is 5.75 Å². The summed E-state index contributed by atoms with van der Waals surface area (Å²) in [5, 5.41) is 7.02. The Hall–Kier alpha value is -4.96. The number of nitrogens with zero attached hydrogens (tertiary/aromatic N) is 2. The molecular formula is C31H30N4O5S. The monoisotopic (exact) mass is 570 g/mol. The molecule has 9 nitrogen and oxygen atoms in total. The molecule has 0 unspecified atom stereocenters. The van der Waals surface area contributed by atoms with E-state index in [0.717, 1.165) is 9.87 Å². The van der Waals surface area contributed by atoms with E-state index in [2.05, 4.69) is 15.8 Å². The molecule has 0 atom stereocenters. The molecule has 2 amide bonds. The topological polar surface area (TPSA) is 117 Å². The third-order valence-electron chi connectivity index (χ3n) is 6.17. The highest BCUT2D eigenvalue weighted by molar-refractivity contribution is 7.92. The van der Waals surface area contributed by atoms with Gasteiger partial charge < -0.3 is 10.1 Å². The van der Waals surface area contributed by atoms with E-state index in [9.17, 15) is 18.0 Å². The standard InChI is InChI=1S/C31H30N4O5S/c1-22-16-18-27(19-17-22)41(38,39)35(28-14-7-8-15-29(28)40-3)21-30(36)34-33-23(2)25-12-9-13-26(20-25)32-31(37)24-10-5-4-6-11-24/h4-20H,21H2,1-3H3,(H,32,37)(H,34,36)/b33-23-. The number of amides is 2. The molecule has 4 rings (SSSR count). The fourth-order valence-corrected chi connectivity index (χ4v) is 5.40. The van der Waals surface area contributed by atoms with Crippen LogP contribution < -0.4 is 19.8 Å². The molecule has 41 heavy (non-hydrogen) atoms. The molecule has 0 aliphatic rings. The predicted octanol–water partition coefficient (Wildman–Crippen LogP) is 4.99. The van der Waals surface area contributed by atoms with Crippen molar-refractivity contribution >= 4 is 38.9 Å². The number of para-hydroxylation sites is 2. The van der Waals surface area contributed by atoms with Gasteiger partial charge in [-0.05, 0) is 67.9 Å². The predicted molar refractivity (Wildman–Crippen MR) is 160 cm³/mol. The van der Waals surface area contributed by atoms with E-state index in [1.165, 1.54) is 19.2 Å². The number of methoxy groups -OCH3 is 1. The summed E-state index contributed by atoms with van der Waals surface area (Å²) < 4.78 is 33.7. The van der Waals surface area contributed by atoms with E-state index in [0.29, 0.717) is 28.3 Å². The Balaban J connectivity index is 1.53. The summed E-state index contributed by atoms with van der Waals surface area (Å²) in [6.45, 7) is 3.01. The molecule has 0 aromatic heterocycles. The van der Waals surface area contributed by atoms with Gasteiger partial charge in [0.25, 0.3) is 21.8 Å². The normalized spacial score (nSPS) is 11.4. The highest BCUT2D eigenvalue weighted by atomic mass is 32.2. The van der Waals surface area contributed by atoms with Crippen molar-refractivity contribution in [1.29, 1.82) is 0 Å². The molecular weight excluding hydrogens is 540 g/mol. The van der Waals surface area contributed by atoms with E-state index in [1.807, 2.05) is 13.0 Å². The molecule has 10 heteroatoms. The maximum Gasteiger partial charge on any atom is 0.264 e. The van der Waals surface area contributed by atoms with E-state index < -0.39 is 22.5 Å². The van der Waals surface area contributed by atoms with Crippen molar-refractivity contribution in [2.45, 2.75) is 18.7 Å². The molecule has 0 radical (unpaired) electrons. The Morgan fingerprint density at radius 1 is 0.854 bits per heavy atom. The minimum absolute atomic E-state index is 0.0378. The Labute approximate surface area is 239 Å². The molecule has 2 N–H and O–H groups in total. The van der Waals surface area contributed by atoms with Crippen LogP contribution in [0.25, 0.3) is 0 Å². The Morgan fingerprint density at radius 3 is 2.22 bits per heavy atom. The number of anilines is 2. The van der Waals surface area contributed by atoms with Crippen LogP contribution in [0.3, 0.4) is 0 Å². The minimum Gasteiger partial charge on any atom is -0.495 e. The second-order valence-electron chi connectivity index (χ2n) is 9.13. The number of hydrogen-bond donors (Lipinski definition) is 2. The summed E-state index contributed by atoms with van der Waals surface area (Å²) in [6.07, 6.45) is 0. The van der Waals surface area contributed by atoms with E-state index in [4.69, 9.17) is 4.74 Å². The first-order valence-corrected chi connectivity index (χ1v) is 14.2. The summed E-state index contributed by atoms with van der Waals surface area (Å²) >= 11 is 0. The van der Waals surface area contributed by atoms with Gasteiger partial charge in [0, 0.05) is 11.3 Å². The SMILES string of the molecule is COc1ccccc1N(CC(=O)N/N=C(/C)c1cccc(NC(=O)c2ccccc2)c1)S(=O)(=O)c1ccc(C)cc1. The largest absolute Gasteiger partial charge is 0.495 e. The van der Waals surface area contributed by atoms with Crippen molar-refractivity contribution in [2.75, 3.05) is 23.3 Å². The maximum absolute atomic E-state index is 13.7. The Morgan fingerprint density at radius 2 is 1.51 bits per heavy atom. The van der Waals surface area contributed by atoms with Gasteiger partial charge in [-0.25, -0.2) is 13.8 Å². The molecule has 0 saturated heterocycles.